The number of carbonyl (C=O) groups excluding carboxylic acids is 2. The molecule has 0 spiro atoms. The van der Waals surface area contributed by atoms with Crippen molar-refractivity contribution in [2.75, 3.05) is 44.5 Å². The van der Waals surface area contributed by atoms with Gasteiger partial charge in [-0.25, -0.2) is 0 Å². The van der Waals surface area contributed by atoms with E-state index in [0.29, 0.717) is 17.9 Å². The van der Waals surface area contributed by atoms with Gasteiger partial charge in [0.25, 0.3) is 5.91 Å². The highest BCUT2D eigenvalue weighted by Gasteiger charge is 2.31. The lowest BCUT2D eigenvalue weighted by Crippen LogP contribution is -2.31. The van der Waals surface area contributed by atoms with Crippen molar-refractivity contribution in [3.8, 4) is 6.07 Å². The Kier molecular flexibility index (Phi) is 6.19. The summed E-state index contributed by atoms with van der Waals surface area (Å²) in [4.78, 5) is 30.2. The first-order valence-electron chi connectivity index (χ1n) is 9.61. The minimum Gasteiger partial charge on any atom is -0.355 e. The average molecular weight is 403 g/mol. The van der Waals surface area contributed by atoms with Crippen LogP contribution in [0, 0.1) is 11.3 Å². The first-order chi connectivity index (χ1) is 14.4. The monoisotopic (exact) mass is 403 g/mol. The Labute approximate surface area is 176 Å². The molecule has 2 aromatic rings. The molecule has 0 saturated carbocycles. The number of fused-ring (bicyclic) bond motifs is 1. The zero-order valence-corrected chi connectivity index (χ0v) is 17.6. The van der Waals surface area contributed by atoms with E-state index in [9.17, 15) is 14.9 Å². The molecule has 7 heteroatoms. The third-order valence-electron chi connectivity index (χ3n) is 5.16. The summed E-state index contributed by atoms with van der Waals surface area (Å²) in [5.74, 6) is 0.219. The van der Waals surface area contributed by atoms with E-state index in [1.54, 1.807) is 19.2 Å². The van der Waals surface area contributed by atoms with E-state index in [-0.39, 0.29) is 23.8 Å². The first kappa shape index (κ1) is 21.1. The Morgan fingerprint density at radius 3 is 2.10 bits per heavy atom. The van der Waals surface area contributed by atoms with E-state index in [1.807, 2.05) is 72.2 Å². The van der Waals surface area contributed by atoms with Gasteiger partial charge in [-0.2, -0.15) is 5.26 Å². The molecule has 1 amide bonds. The number of likely N-dealkylation sites (N-methyl/N-ethyl adjacent to an activating group) is 1. The summed E-state index contributed by atoms with van der Waals surface area (Å²) in [6.45, 7) is 0.640. The number of Topliss-reactive ketones (excluding diaryl/α,β-unsaturated/α-hetero) is 1. The fourth-order valence-electron chi connectivity index (χ4n) is 3.65. The van der Waals surface area contributed by atoms with Crippen LogP contribution >= 0.6 is 0 Å². The minimum absolute atomic E-state index is 0.113. The fourth-order valence-corrected chi connectivity index (χ4v) is 3.65. The number of ketones is 1. The molecule has 0 aromatic heterocycles. The second-order valence-corrected chi connectivity index (χ2v) is 7.29. The van der Waals surface area contributed by atoms with Gasteiger partial charge in [0.2, 0.25) is 0 Å². The van der Waals surface area contributed by atoms with Gasteiger partial charge in [-0.3, -0.25) is 14.5 Å². The van der Waals surface area contributed by atoms with Crippen LogP contribution in [0.1, 0.15) is 15.9 Å². The SMILES string of the molecule is CNC(=O)c1ccc(CN(C)CC(=O)C(C#N)=C2N(C)c3ccccc3N2C)cc1. The van der Waals surface area contributed by atoms with E-state index < -0.39 is 0 Å². The van der Waals surface area contributed by atoms with Crippen LogP contribution in [0.5, 0.6) is 0 Å². The highest BCUT2D eigenvalue weighted by Crippen LogP contribution is 2.40. The maximum atomic E-state index is 13.0. The molecule has 3 rings (SSSR count). The third kappa shape index (κ3) is 4.04. The molecule has 2 aromatic carbocycles. The molecule has 1 heterocycles. The Hall–Kier alpha value is -3.63. The number of para-hydroxylation sites is 2. The van der Waals surface area contributed by atoms with E-state index in [0.717, 1.165) is 16.9 Å². The topological polar surface area (TPSA) is 79.7 Å². The smallest absolute Gasteiger partial charge is 0.251 e. The lowest BCUT2D eigenvalue weighted by molar-refractivity contribution is -0.116. The first-order valence-corrected chi connectivity index (χ1v) is 9.61. The highest BCUT2D eigenvalue weighted by atomic mass is 16.1. The lowest BCUT2D eigenvalue weighted by Gasteiger charge is -2.21. The number of hydrogen-bond donors (Lipinski definition) is 1. The number of benzene rings is 2. The number of amides is 1. The maximum Gasteiger partial charge on any atom is 0.251 e. The molecule has 1 aliphatic heterocycles. The number of carbonyl (C=O) groups is 2. The third-order valence-corrected chi connectivity index (χ3v) is 5.16. The summed E-state index contributed by atoms with van der Waals surface area (Å²) in [6, 6.07) is 17.2. The van der Waals surface area contributed by atoms with Crippen LogP contribution < -0.4 is 15.1 Å². The van der Waals surface area contributed by atoms with Gasteiger partial charge in [-0.15, -0.1) is 0 Å². The fraction of sp³-hybridized carbons (Fsp3) is 0.261. The standard InChI is InChI=1S/C23H25N5O2/c1-25-22(30)17-11-9-16(10-12-17)14-26(2)15-21(29)18(13-24)23-27(3)19-7-5-6-8-20(19)28(23)4/h5-12H,14-15H2,1-4H3,(H,25,30). The molecule has 1 N–H and O–H groups in total. The number of rotatable bonds is 6. The molecule has 7 nitrogen and oxygen atoms in total. The summed E-state index contributed by atoms with van der Waals surface area (Å²) in [7, 11) is 7.15. The van der Waals surface area contributed by atoms with Crippen LogP contribution in [0.15, 0.2) is 59.9 Å². The van der Waals surface area contributed by atoms with Crippen LogP contribution in [0.4, 0.5) is 11.4 Å². The Balaban J connectivity index is 1.74. The predicted octanol–water partition coefficient (Wildman–Crippen LogP) is 2.37. The molecular formula is C23H25N5O2. The summed E-state index contributed by atoms with van der Waals surface area (Å²) in [5.41, 5.74) is 3.62. The van der Waals surface area contributed by atoms with Crippen LogP contribution in [0.25, 0.3) is 0 Å². The molecule has 0 bridgehead atoms. The normalized spacial score (nSPS) is 12.6. The number of nitriles is 1. The highest BCUT2D eigenvalue weighted by molar-refractivity contribution is 6.03. The van der Waals surface area contributed by atoms with Gasteiger partial charge in [0.15, 0.2) is 5.78 Å². The van der Waals surface area contributed by atoms with Gasteiger partial charge in [0.05, 0.1) is 17.9 Å². The molecular weight excluding hydrogens is 378 g/mol. The van der Waals surface area contributed by atoms with Crippen molar-refractivity contribution in [2.24, 2.45) is 0 Å². The molecule has 30 heavy (non-hydrogen) atoms. The average Bonchev–Trinajstić information content (AvgIpc) is 3.00. The molecule has 0 radical (unpaired) electrons. The molecule has 0 fully saturated rings. The van der Waals surface area contributed by atoms with Crippen LogP contribution in [0.3, 0.4) is 0 Å². The van der Waals surface area contributed by atoms with Gasteiger partial charge >= 0.3 is 0 Å². The largest absolute Gasteiger partial charge is 0.355 e. The maximum absolute atomic E-state index is 13.0. The predicted molar refractivity (Wildman–Crippen MR) is 117 cm³/mol. The van der Waals surface area contributed by atoms with Crippen molar-refractivity contribution in [2.45, 2.75) is 6.54 Å². The van der Waals surface area contributed by atoms with Crippen molar-refractivity contribution < 1.29 is 9.59 Å². The van der Waals surface area contributed by atoms with Gasteiger partial charge in [0, 0.05) is 33.3 Å². The van der Waals surface area contributed by atoms with Gasteiger partial charge in [0.1, 0.15) is 17.5 Å². The van der Waals surface area contributed by atoms with E-state index in [1.165, 1.54) is 0 Å². The molecule has 0 saturated heterocycles. The van der Waals surface area contributed by atoms with E-state index in [4.69, 9.17) is 0 Å². The van der Waals surface area contributed by atoms with Gasteiger partial charge < -0.3 is 15.1 Å². The molecule has 154 valence electrons. The minimum atomic E-state index is -0.233. The zero-order valence-electron chi connectivity index (χ0n) is 17.6. The Morgan fingerprint density at radius 1 is 1.03 bits per heavy atom. The van der Waals surface area contributed by atoms with E-state index >= 15 is 0 Å². The van der Waals surface area contributed by atoms with Crippen LogP contribution in [-0.2, 0) is 11.3 Å². The summed E-state index contributed by atoms with van der Waals surface area (Å²) >= 11 is 0. The van der Waals surface area contributed by atoms with Crippen molar-refractivity contribution in [3.05, 3.63) is 71.1 Å². The quantitative estimate of drug-likeness (QED) is 0.589. The van der Waals surface area contributed by atoms with Crippen molar-refractivity contribution in [1.82, 2.24) is 10.2 Å². The summed E-state index contributed by atoms with van der Waals surface area (Å²) in [6.07, 6.45) is 0. The number of nitrogens with one attached hydrogen (secondary N) is 1. The van der Waals surface area contributed by atoms with Crippen molar-refractivity contribution in [1.29, 1.82) is 5.26 Å². The second-order valence-electron chi connectivity index (χ2n) is 7.29. The lowest BCUT2D eigenvalue weighted by atomic mass is 10.1. The molecule has 0 unspecified atom stereocenters. The summed E-state index contributed by atoms with van der Waals surface area (Å²) in [5, 5.41) is 12.3. The second kappa shape index (κ2) is 8.80. The van der Waals surface area contributed by atoms with Crippen LogP contribution in [0.2, 0.25) is 0 Å². The van der Waals surface area contributed by atoms with Gasteiger partial charge in [-0.05, 0) is 36.9 Å². The number of hydrogen-bond acceptors (Lipinski definition) is 6. The molecule has 0 aliphatic carbocycles. The number of anilines is 2. The van der Waals surface area contributed by atoms with E-state index in [2.05, 4.69) is 11.4 Å². The van der Waals surface area contributed by atoms with Crippen molar-refractivity contribution >= 4 is 23.1 Å². The van der Waals surface area contributed by atoms with Gasteiger partial charge in [-0.1, -0.05) is 24.3 Å². The summed E-state index contributed by atoms with van der Waals surface area (Å²) < 4.78 is 0. The van der Waals surface area contributed by atoms with Crippen molar-refractivity contribution in [3.63, 3.8) is 0 Å². The van der Waals surface area contributed by atoms with Crippen LogP contribution in [-0.4, -0.2) is 51.3 Å². The molecule has 1 aliphatic rings. The Morgan fingerprint density at radius 2 is 1.60 bits per heavy atom. The Bertz CT molecular complexity index is 1010. The zero-order chi connectivity index (χ0) is 21.8. The molecule has 0 atom stereocenters. The number of nitrogens with zero attached hydrogens (tertiary/aromatic N) is 4.